The zero-order chi connectivity index (χ0) is 22.5. The summed E-state index contributed by atoms with van der Waals surface area (Å²) in [6.45, 7) is 3.53. The molecule has 1 N–H and O–H groups in total. The fourth-order valence-corrected chi connectivity index (χ4v) is 3.59. The second-order valence-electron chi connectivity index (χ2n) is 7.66. The number of hydrogen-bond donors (Lipinski definition) is 1. The molecule has 4 aromatic rings. The van der Waals surface area contributed by atoms with Gasteiger partial charge in [0, 0.05) is 42.5 Å². The molecular weight excluding hydrogens is 418 g/mol. The number of amides is 1. The molecule has 0 radical (unpaired) electrons. The van der Waals surface area contributed by atoms with Gasteiger partial charge in [0.1, 0.15) is 5.82 Å². The standard InChI is InChI=1S/C25H23N5O3/c31-23(27-17-18-6-11-22(26-16-18)30-12-14-32-15-13-30)19-7-9-21(10-8-19)25-29-28-24(33-25)20-4-2-1-3-5-20/h1-11,16H,12-15,17H2,(H,27,31). The minimum Gasteiger partial charge on any atom is -0.416 e. The van der Waals surface area contributed by atoms with Crippen LogP contribution in [0, 0.1) is 0 Å². The van der Waals surface area contributed by atoms with Gasteiger partial charge < -0.3 is 19.4 Å². The van der Waals surface area contributed by atoms with Crippen LogP contribution < -0.4 is 10.2 Å². The third kappa shape index (κ3) is 4.91. The Morgan fingerprint density at radius 2 is 1.58 bits per heavy atom. The Labute approximate surface area is 191 Å². The summed E-state index contributed by atoms with van der Waals surface area (Å²) in [6, 6.07) is 20.7. The minimum atomic E-state index is -0.158. The van der Waals surface area contributed by atoms with Crippen LogP contribution in [0.3, 0.4) is 0 Å². The number of nitrogens with zero attached hydrogens (tertiary/aromatic N) is 4. The lowest BCUT2D eigenvalue weighted by Gasteiger charge is -2.27. The second kappa shape index (κ2) is 9.62. The largest absolute Gasteiger partial charge is 0.416 e. The zero-order valence-electron chi connectivity index (χ0n) is 18.0. The van der Waals surface area contributed by atoms with Crippen molar-refractivity contribution in [1.82, 2.24) is 20.5 Å². The SMILES string of the molecule is O=C(NCc1ccc(N2CCOCC2)nc1)c1ccc(-c2nnc(-c3ccccc3)o2)cc1. The Kier molecular flexibility index (Phi) is 6.08. The maximum atomic E-state index is 12.6. The fourth-order valence-electron chi connectivity index (χ4n) is 3.59. The first kappa shape index (κ1) is 20.8. The van der Waals surface area contributed by atoms with E-state index in [1.165, 1.54) is 0 Å². The number of carbonyl (C=O) groups excluding carboxylic acids is 1. The molecule has 2 aromatic carbocycles. The number of rotatable bonds is 6. The molecule has 8 nitrogen and oxygen atoms in total. The van der Waals surface area contributed by atoms with Crippen molar-refractivity contribution in [3.63, 3.8) is 0 Å². The molecular formula is C25H23N5O3. The Morgan fingerprint density at radius 1 is 0.879 bits per heavy atom. The quantitative estimate of drug-likeness (QED) is 0.489. The lowest BCUT2D eigenvalue weighted by atomic mass is 10.1. The lowest BCUT2D eigenvalue weighted by Crippen LogP contribution is -2.36. The predicted molar refractivity (Wildman–Crippen MR) is 124 cm³/mol. The van der Waals surface area contributed by atoms with E-state index in [1.807, 2.05) is 42.5 Å². The number of pyridine rings is 1. The van der Waals surface area contributed by atoms with Crippen LogP contribution in [0.5, 0.6) is 0 Å². The van der Waals surface area contributed by atoms with Gasteiger partial charge in [0.2, 0.25) is 11.8 Å². The summed E-state index contributed by atoms with van der Waals surface area (Å²) in [5.74, 6) is 1.64. The van der Waals surface area contributed by atoms with Gasteiger partial charge in [-0.3, -0.25) is 4.79 Å². The van der Waals surface area contributed by atoms with E-state index >= 15 is 0 Å². The average Bonchev–Trinajstić information content (AvgIpc) is 3.39. The highest BCUT2D eigenvalue weighted by atomic mass is 16.5. The van der Waals surface area contributed by atoms with Crippen LogP contribution in [0.1, 0.15) is 15.9 Å². The number of benzene rings is 2. The molecule has 33 heavy (non-hydrogen) atoms. The molecule has 166 valence electrons. The molecule has 0 bridgehead atoms. The molecule has 0 atom stereocenters. The Balaban J connectivity index is 1.18. The van der Waals surface area contributed by atoms with E-state index in [0.717, 1.165) is 48.8 Å². The number of ether oxygens (including phenoxy) is 1. The third-order valence-corrected chi connectivity index (χ3v) is 5.44. The van der Waals surface area contributed by atoms with Gasteiger partial charge in [0.05, 0.1) is 13.2 Å². The van der Waals surface area contributed by atoms with Crippen molar-refractivity contribution in [3.05, 3.63) is 84.1 Å². The van der Waals surface area contributed by atoms with Gasteiger partial charge >= 0.3 is 0 Å². The molecule has 1 amide bonds. The first-order valence-corrected chi connectivity index (χ1v) is 10.8. The van der Waals surface area contributed by atoms with Crippen molar-refractivity contribution >= 4 is 11.7 Å². The van der Waals surface area contributed by atoms with Gasteiger partial charge in [-0.15, -0.1) is 10.2 Å². The number of morpholine rings is 1. The van der Waals surface area contributed by atoms with E-state index < -0.39 is 0 Å². The normalized spacial score (nSPS) is 13.6. The van der Waals surface area contributed by atoms with Crippen LogP contribution in [-0.4, -0.2) is 47.4 Å². The molecule has 1 fully saturated rings. The van der Waals surface area contributed by atoms with Crippen LogP contribution in [0.25, 0.3) is 22.9 Å². The Morgan fingerprint density at radius 3 is 2.24 bits per heavy atom. The third-order valence-electron chi connectivity index (χ3n) is 5.44. The highest BCUT2D eigenvalue weighted by molar-refractivity contribution is 5.94. The van der Waals surface area contributed by atoms with Gasteiger partial charge in [-0.05, 0) is 48.0 Å². The topological polar surface area (TPSA) is 93.4 Å². The molecule has 0 saturated carbocycles. The number of nitrogens with one attached hydrogen (secondary N) is 1. The summed E-state index contributed by atoms with van der Waals surface area (Å²) in [5.41, 5.74) is 3.11. The van der Waals surface area contributed by atoms with Crippen molar-refractivity contribution in [2.75, 3.05) is 31.2 Å². The van der Waals surface area contributed by atoms with Gasteiger partial charge in [-0.25, -0.2) is 4.98 Å². The van der Waals surface area contributed by atoms with Gasteiger partial charge in [-0.2, -0.15) is 0 Å². The molecule has 8 heteroatoms. The lowest BCUT2D eigenvalue weighted by molar-refractivity contribution is 0.0951. The van der Waals surface area contributed by atoms with Gasteiger partial charge in [0.15, 0.2) is 0 Å². The summed E-state index contributed by atoms with van der Waals surface area (Å²) in [4.78, 5) is 19.3. The second-order valence-corrected chi connectivity index (χ2v) is 7.66. The van der Waals surface area contributed by atoms with Crippen LogP contribution in [0.2, 0.25) is 0 Å². The maximum absolute atomic E-state index is 12.6. The summed E-state index contributed by atoms with van der Waals surface area (Å²) >= 11 is 0. The van der Waals surface area contributed by atoms with Crippen LogP contribution >= 0.6 is 0 Å². The molecule has 1 saturated heterocycles. The maximum Gasteiger partial charge on any atom is 0.251 e. The average molecular weight is 441 g/mol. The molecule has 3 heterocycles. The number of hydrogen-bond acceptors (Lipinski definition) is 7. The van der Waals surface area contributed by atoms with Crippen molar-refractivity contribution in [3.8, 4) is 22.9 Å². The van der Waals surface area contributed by atoms with Crippen molar-refractivity contribution in [2.24, 2.45) is 0 Å². The Hall–Kier alpha value is -4.04. The van der Waals surface area contributed by atoms with Crippen LogP contribution in [0.4, 0.5) is 5.82 Å². The van der Waals surface area contributed by atoms with Crippen molar-refractivity contribution < 1.29 is 13.9 Å². The molecule has 1 aliphatic heterocycles. The van der Waals surface area contributed by atoms with Crippen molar-refractivity contribution in [1.29, 1.82) is 0 Å². The van der Waals surface area contributed by atoms with E-state index in [0.29, 0.717) is 23.9 Å². The Bertz CT molecular complexity index is 1200. The summed E-state index contributed by atoms with van der Waals surface area (Å²) in [5, 5.41) is 11.2. The summed E-state index contributed by atoms with van der Waals surface area (Å²) in [6.07, 6.45) is 1.80. The first-order valence-electron chi connectivity index (χ1n) is 10.8. The molecule has 1 aliphatic rings. The van der Waals surface area contributed by atoms with E-state index in [4.69, 9.17) is 9.15 Å². The number of aromatic nitrogens is 3. The van der Waals surface area contributed by atoms with Gasteiger partial charge in [-0.1, -0.05) is 24.3 Å². The first-order chi connectivity index (χ1) is 16.3. The number of anilines is 1. The van der Waals surface area contributed by atoms with E-state index in [2.05, 4.69) is 25.4 Å². The summed E-state index contributed by atoms with van der Waals surface area (Å²) < 4.78 is 11.1. The predicted octanol–water partition coefficient (Wildman–Crippen LogP) is 3.57. The highest BCUT2D eigenvalue weighted by Gasteiger charge is 2.13. The van der Waals surface area contributed by atoms with Crippen LogP contribution in [-0.2, 0) is 11.3 Å². The molecule has 0 unspecified atom stereocenters. The molecule has 2 aromatic heterocycles. The van der Waals surface area contributed by atoms with E-state index in [1.54, 1.807) is 30.5 Å². The van der Waals surface area contributed by atoms with E-state index in [9.17, 15) is 4.79 Å². The molecule has 5 rings (SSSR count). The highest BCUT2D eigenvalue weighted by Crippen LogP contribution is 2.24. The van der Waals surface area contributed by atoms with Crippen LogP contribution in [0.15, 0.2) is 77.3 Å². The molecule has 0 aliphatic carbocycles. The van der Waals surface area contributed by atoms with Gasteiger partial charge in [0.25, 0.3) is 5.91 Å². The number of carbonyl (C=O) groups is 1. The molecule has 0 spiro atoms. The monoisotopic (exact) mass is 441 g/mol. The zero-order valence-corrected chi connectivity index (χ0v) is 18.0. The fraction of sp³-hybridized carbons (Fsp3) is 0.200. The summed E-state index contributed by atoms with van der Waals surface area (Å²) in [7, 11) is 0. The minimum absolute atomic E-state index is 0.158. The van der Waals surface area contributed by atoms with E-state index in [-0.39, 0.29) is 5.91 Å². The smallest absolute Gasteiger partial charge is 0.251 e. The van der Waals surface area contributed by atoms with Crippen molar-refractivity contribution in [2.45, 2.75) is 6.54 Å².